The van der Waals surface area contributed by atoms with Crippen LogP contribution >= 0.6 is 0 Å². The number of aromatic nitrogens is 1. The first kappa shape index (κ1) is 7.64. The third-order valence-electron chi connectivity index (χ3n) is 0.813. The van der Waals surface area contributed by atoms with Gasteiger partial charge in [-0.05, 0) is 19.1 Å². The van der Waals surface area contributed by atoms with E-state index in [1.807, 2.05) is 25.1 Å². The Labute approximate surface area is 54.8 Å². The van der Waals surface area contributed by atoms with Crippen molar-refractivity contribution < 1.29 is 0 Å². The van der Waals surface area contributed by atoms with E-state index in [1.54, 1.807) is 6.20 Å². The second-order valence-electron chi connectivity index (χ2n) is 1.47. The van der Waals surface area contributed by atoms with Crippen molar-refractivity contribution in [3.8, 4) is 6.57 Å². The number of nitriles is 1. The molecule has 0 atom stereocenters. The van der Waals surface area contributed by atoms with Crippen LogP contribution in [-0.2, 0) is 0 Å². The average molecular weight is 120 g/mol. The molecule has 1 rings (SSSR count). The quantitative estimate of drug-likeness (QED) is 0.520. The molecule has 9 heavy (non-hydrogen) atoms. The van der Waals surface area contributed by atoms with Crippen LogP contribution in [0.15, 0.2) is 24.4 Å². The number of aryl methyl sites for hydroxylation is 1. The fraction of sp³-hybridized carbons (Fsp3) is 0.143. The lowest BCUT2D eigenvalue weighted by Gasteiger charge is -1.82. The molecule has 0 aliphatic heterocycles. The third-order valence-corrected chi connectivity index (χ3v) is 0.813. The van der Waals surface area contributed by atoms with Gasteiger partial charge >= 0.3 is 0 Å². The smallest absolute Gasteiger partial charge is 0.0462 e. The molecule has 1 aromatic heterocycles. The summed E-state index contributed by atoms with van der Waals surface area (Å²) in [6, 6.07) is 5.86. The molecule has 1 aromatic rings. The van der Waals surface area contributed by atoms with Crippen molar-refractivity contribution >= 4 is 0 Å². The molecule has 0 saturated heterocycles. The monoisotopic (exact) mass is 120 g/mol. The number of hydrogen-bond donors (Lipinski definition) is 0. The number of rotatable bonds is 0. The molecule has 0 unspecified atom stereocenters. The van der Waals surface area contributed by atoms with E-state index in [0.29, 0.717) is 0 Å². The summed E-state index contributed by atoms with van der Waals surface area (Å²) >= 11 is 0. The highest BCUT2D eigenvalue weighted by Gasteiger charge is 1.73. The van der Waals surface area contributed by atoms with Gasteiger partial charge in [0, 0.05) is 18.5 Å². The molecule has 0 spiro atoms. The summed E-state index contributed by atoms with van der Waals surface area (Å²) in [4.78, 5) is 3.98. The molecular weight excluding hydrogens is 112 g/mol. The summed E-state index contributed by atoms with van der Waals surface area (Å²) in [5, 5.41) is 6.50. The molecule has 46 valence electrons. The SMILES string of the molecule is C#N.Cc1ccccn1. The van der Waals surface area contributed by atoms with Crippen molar-refractivity contribution in [2.75, 3.05) is 0 Å². The van der Waals surface area contributed by atoms with Crippen molar-refractivity contribution in [1.82, 2.24) is 4.98 Å². The highest BCUT2D eigenvalue weighted by atomic mass is 14.6. The summed E-state index contributed by atoms with van der Waals surface area (Å²) in [7, 11) is 0. The van der Waals surface area contributed by atoms with Gasteiger partial charge in [-0.1, -0.05) is 6.07 Å². The van der Waals surface area contributed by atoms with E-state index in [-0.39, 0.29) is 0 Å². The first-order valence-electron chi connectivity index (χ1n) is 2.53. The van der Waals surface area contributed by atoms with Crippen LogP contribution in [0.2, 0.25) is 0 Å². The fourth-order valence-corrected chi connectivity index (χ4v) is 0.448. The van der Waals surface area contributed by atoms with Gasteiger partial charge in [0.15, 0.2) is 0 Å². The Hall–Kier alpha value is -1.36. The normalized spacial score (nSPS) is 7.00. The maximum absolute atomic E-state index is 6.50. The van der Waals surface area contributed by atoms with Crippen LogP contribution in [-0.4, -0.2) is 4.98 Å². The van der Waals surface area contributed by atoms with Crippen molar-refractivity contribution in [3.05, 3.63) is 30.1 Å². The lowest BCUT2D eigenvalue weighted by atomic mass is 10.4. The minimum Gasteiger partial charge on any atom is -0.262 e. The van der Waals surface area contributed by atoms with Gasteiger partial charge in [-0.15, -0.1) is 0 Å². The zero-order valence-electron chi connectivity index (χ0n) is 5.28. The third kappa shape index (κ3) is 3.24. The molecule has 0 saturated carbocycles. The Bertz CT molecular complexity index is 167. The summed E-state index contributed by atoms with van der Waals surface area (Å²) in [5.41, 5.74) is 1.07. The summed E-state index contributed by atoms with van der Waals surface area (Å²) < 4.78 is 0. The zero-order chi connectivity index (χ0) is 7.11. The van der Waals surface area contributed by atoms with Crippen LogP contribution in [0.4, 0.5) is 0 Å². The highest BCUT2D eigenvalue weighted by molar-refractivity contribution is 4.99. The van der Waals surface area contributed by atoms with E-state index in [1.165, 1.54) is 0 Å². The van der Waals surface area contributed by atoms with Crippen molar-refractivity contribution in [1.29, 1.82) is 5.26 Å². The van der Waals surface area contributed by atoms with Gasteiger partial charge in [-0.3, -0.25) is 4.98 Å². The Morgan fingerprint density at radius 1 is 1.44 bits per heavy atom. The topological polar surface area (TPSA) is 36.7 Å². The van der Waals surface area contributed by atoms with E-state index in [9.17, 15) is 0 Å². The second kappa shape index (κ2) is 4.79. The van der Waals surface area contributed by atoms with E-state index >= 15 is 0 Å². The fourth-order valence-electron chi connectivity index (χ4n) is 0.448. The maximum Gasteiger partial charge on any atom is 0.0462 e. The number of nitrogens with zero attached hydrogens (tertiary/aromatic N) is 2. The predicted octanol–water partition coefficient (Wildman–Crippen LogP) is 1.53. The van der Waals surface area contributed by atoms with Crippen molar-refractivity contribution in [3.63, 3.8) is 0 Å². The lowest BCUT2D eigenvalue weighted by Crippen LogP contribution is -1.72. The molecular formula is C7H8N2. The number of hydrogen-bond acceptors (Lipinski definition) is 2. The molecule has 2 nitrogen and oxygen atoms in total. The van der Waals surface area contributed by atoms with Crippen molar-refractivity contribution in [2.45, 2.75) is 6.92 Å². The highest BCUT2D eigenvalue weighted by Crippen LogP contribution is 1.85. The Balaban J connectivity index is 0.000000291. The zero-order valence-corrected chi connectivity index (χ0v) is 5.28. The minimum absolute atomic E-state index is 1.07. The van der Waals surface area contributed by atoms with Crippen LogP contribution in [0, 0.1) is 18.8 Å². The van der Waals surface area contributed by atoms with Crippen LogP contribution in [0.5, 0.6) is 0 Å². The Morgan fingerprint density at radius 3 is 2.33 bits per heavy atom. The lowest BCUT2D eigenvalue weighted by molar-refractivity contribution is 1.20. The Morgan fingerprint density at radius 2 is 2.11 bits per heavy atom. The number of pyridine rings is 1. The molecule has 0 aromatic carbocycles. The van der Waals surface area contributed by atoms with Crippen LogP contribution in [0.25, 0.3) is 0 Å². The van der Waals surface area contributed by atoms with Crippen LogP contribution in [0.3, 0.4) is 0 Å². The molecule has 0 fully saturated rings. The minimum atomic E-state index is 1.07. The standard InChI is InChI=1S/C6H7N.CHN/c1-6-4-2-3-5-7-6;1-2/h2-5H,1H3;1H. The van der Waals surface area contributed by atoms with Gasteiger partial charge in [0.25, 0.3) is 0 Å². The summed E-state index contributed by atoms with van der Waals surface area (Å²) in [6.45, 7) is 5.47. The van der Waals surface area contributed by atoms with Gasteiger partial charge in [0.05, 0.1) is 0 Å². The molecule has 0 bridgehead atoms. The van der Waals surface area contributed by atoms with Gasteiger partial charge in [-0.2, -0.15) is 0 Å². The summed E-state index contributed by atoms with van der Waals surface area (Å²) in [5.74, 6) is 0. The largest absolute Gasteiger partial charge is 0.262 e. The van der Waals surface area contributed by atoms with E-state index in [4.69, 9.17) is 5.26 Å². The molecule has 0 amide bonds. The molecule has 2 heteroatoms. The molecule has 0 aliphatic rings. The molecule has 0 N–H and O–H groups in total. The first-order chi connectivity index (χ1) is 4.39. The van der Waals surface area contributed by atoms with Gasteiger partial charge in [0.2, 0.25) is 0 Å². The van der Waals surface area contributed by atoms with Crippen molar-refractivity contribution in [2.24, 2.45) is 0 Å². The molecule has 0 aliphatic carbocycles. The Kier molecular flexibility index (Phi) is 4.07. The average Bonchev–Trinajstić information content (AvgIpc) is 1.94. The predicted molar refractivity (Wildman–Crippen MR) is 35.6 cm³/mol. The summed E-state index contributed by atoms with van der Waals surface area (Å²) in [6.07, 6.45) is 1.79. The van der Waals surface area contributed by atoms with Crippen LogP contribution in [0.1, 0.15) is 5.69 Å². The maximum atomic E-state index is 6.50. The van der Waals surface area contributed by atoms with E-state index in [0.717, 1.165) is 5.69 Å². The van der Waals surface area contributed by atoms with Gasteiger partial charge in [-0.25, -0.2) is 5.26 Å². The second-order valence-corrected chi connectivity index (χ2v) is 1.47. The molecule has 0 radical (unpaired) electrons. The van der Waals surface area contributed by atoms with Crippen LogP contribution < -0.4 is 0 Å². The van der Waals surface area contributed by atoms with E-state index < -0.39 is 0 Å². The first-order valence-corrected chi connectivity index (χ1v) is 2.53. The van der Waals surface area contributed by atoms with Gasteiger partial charge in [0.1, 0.15) is 0 Å². The molecule has 1 heterocycles. The van der Waals surface area contributed by atoms with E-state index in [2.05, 4.69) is 11.6 Å². The van der Waals surface area contributed by atoms with Gasteiger partial charge < -0.3 is 0 Å².